The molecule has 0 spiro atoms. The van der Waals surface area contributed by atoms with Gasteiger partial charge in [0.05, 0.1) is 37.7 Å². The lowest BCUT2D eigenvalue weighted by Crippen LogP contribution is -2.37. The third-order valence-corrected chi connectivity index (χ3v) is 5.35. The Balaban J connectivity index is 1.35. The Kier molecular flexibility index (Phi) is 5.47. The second kappa shape index (κ2) is 8.18. The molecule has 7 nitrogen and oxygen atoms in total. The number of carbonyl (C=O) groups is 2. The molecule has 2 fully saturated rings. The number of allylic oxidation sites excluding steroid dienone is 2. The molecule has 8 heteroatoms. The zero-order chi connectivity index (χ0) is 19.5. The van der Waals surface area contributed by atoms with Crippen LogP contribution in [0.4, 0.5) is 20.6 Å². The molecular formula is C20H24FN3O4. The summed E-state index contributed by atoms with van der Waals surface area (Å²) in [5.74, 6) is -0.437. The largest absolute Gasteiger partial charge is 0.442 e. The number of hydrogen-bond donors (Lipinski definition) is 1. The van der Waals surface area contributed by atoms with Crippen molar-refractivity contribution in [3.8, 4) is 0 Å². The molecule has 2 heterocycles. The molecule has 0 bridgehead atoms. The van der Waals surface area contributed by atoms with Crippen molar-refractivity contribution in [1.29, 1.82) is 0 Å². The summed E-state index contributed by atoms with van der Waals surface area (Å²) in [6.45, 7) is 2.96. The number of anilines is 2. The lowest BCUT2D eigenvalue weighted by molar-refractivity contribution is -0.125. The van der Waals surface area contributed by atoms with E-state index >= 15 is 0 Å². The Morgan fingerprint density at radius 2 is 1.96 bits per heavy atom. The van der Waals surface area contributed by atoms with Gasteiger partial charge in [0.25, 0.3) is 0 Å². The van der Waals surface area contributed by atoms with Gasteiger partial charge < -0.3 is 19.7 Å². The van der Waals surface area contributed by atoms with Crippen LogP contribution in [0.3, 0.4) is 0 Å². The Labute approximate surface area is 163 Å². The molecule has 1 N–H and O–H groups in total. The SMILES string of the molecule is O=C(NC[C@H]1CN(c2ccc(N3CCOCC3)c(F)c2)C(=O)O1)C1CC=CC1. The van der Waals surface area contributed by atoms with Crippen LogP contribution in [0, 0.1) is 11.7 Å². The Hall–Kier alpha value is -2.61. The minimum atomic E-state index is -0.527. The molecule has 1 aromatic carbocycles. The van der Waals surface area contributed by atoms with Gasteiger partial charge in [0, 0.05) is 19.0 Å². The maximum absolute atomic E-state index is 14.6. The number of rotatable bonds is 5. The number of nitrogens with zero attached hydrogens (tertiary/aromatic N) is 2. The number of benzene rings is 1. The van der Waals surface area contributed by atoms with E-state index in [-0.39, 0.29) is 30.7 Å². The average molecular weight is 389 g/mol. The van der Waals surface area contributed by atoms with E-state index in [1.165, 1.54) is 11.0 Å². The topological polar surface area (TPSA) is 71.1 Å². The zero-order valence-electron chi connectivity index (χ0n) is 15.6. The number of hydrogen-bond acceptors (Lipinski definition) is 5. The number of carbonyl (C=O) groups excluding carboxylic acids is 2. The van der Waals surface area contributed by atoms with Crippen LogP contribution in [0.5, 0.6) is 0 Å². The summed E-state index contributed by atoms with van der Waals surface area (Å²) in [5, 5.41) is 2.85. The van der Waals surface area contributed by atoms with Gasteiger partial charge in [-0.3, -0.25) is 9.69 Å². The number of ether oxygens (including phenoxy) is 2. The molecule has 0 unspecified atom stereocenters. The van der Waals surface area contributed by atoms with E-state index in [1.54, 1.807) is 12.1 Å². The van der Waals surface area contributed by atoms with Gasteiger partial charge in [-0.2, -0.15) is 0 Å². The van der Waals surface area contributed by atoms with E-state index in [0.29, 0.717) is 37.7 Å². The summed E-state index contributed by atoms with van der Waals surface area (Å²) >= 11 is 0. The highest BCUT2D eigenvalue weighted by Gasteiger charge is 2.33. The first kappa shape index (κ1) is 18.7. The van der Waals surface area contributed by atoms with Crippen molar-refractivity contribution in [2.75, 3.05) is 49.2 Å². The van der Waals surface area contributed by atoms with E-state index in [1.807, 2.05) is 17.1 Å². The van der Waals surface area contributed by atoms with Gasteiger partial charge in [-0.15, -0.1) is 0 Å². The Bertz CT molecular complexity index is 771. The molecule has 1 atom stereocenters. The van der Waals surface area contributed by atoms with E-state index in [2.05, 4.69) is 5.32 Å². The molecule has 0 aromatic heterocycles. The van der Waals surface area contributed by atoms with Gasteiger partial charge >= 0.3 is 6.09 Å². The minimum Gasteiger partial charge on any atom is -0.442 e. The van der Waals surface area contributed by atoms with Crippen LogP contribution < -0.4 is 15.1 Å². The number of amides is 2. The maximum atomic E-state index is 14.6. The summed E-state index contributed by atoms with van der Waals surface area (Å²) in [7, 11) is 0. The van der Waals surface area contributed by atoms with Crippen molar-refractivity contribution in [2.45, 2.75) is 18.9 Å². The molecule has 4 rings (SSSR count). The summed E-state index contributed by atoms with van der Waals surface area (Å²) in [6.07, 6.45) is 4.51. The van der Waals surface area contributed by atoms with Crippen LogP contribution in [0.15, 0.2) is 30.4 Å². The van der Waals surface area contributed by atoms with Gasteiger partial charge in [-0.1, -0.05) is 12.2 Å². The normalized spacial score (nSPS) is 22.6. The highest BCUT2D eigenvalue weighted by Crippen LogP contribution is 2.28. The maximum Gasteiger partial charge on any atom is 0.414 e. The van der Waals surface area contributed by atoms with Crippen LogP contribution in [0.1, 0.15) is 12.8 Å². The van der Waals surface area contributed by atoms with Crippen molar-refractivity contribution < 1.29 is 23.5 Å². The van der Waals surface area contributed by atoms with Crippen LogP contribution >= 0.6 is 0 Å². The first-order chi connectivity index (χ1) is 13.6. The van der Waals surface area contributed by atoms with E-state index in [4.69, 9.17) is 9.47 Å². The predicted molar refractivity (Wildman–Crippen MR) is 102 cm³/mol. The summed E-state index contributed by atoms with van der Waals surface area (Å²) in [5.41, 5.74) is 0.960. The standard InChI is InChI=1S/C20H24FN3O4/c21-17-11-15(5-6-18(17)23-7-9-27-10-8-23)24-13-16(28-20(24)26)12-22-19(25)14-3-1-2-4-14/h1-2,5-6,11,14,16H,3-4,7-10,12-13H2,(H,22,25)/t16-/m0/s1. The first-order valence-corrected chi connectivity index (χ1v) is 9.65. The molecule has 2 aliphatic heterocycles. The number of morpholine rings is 1. The fourth-order valence-corrected chi connectivity index (χ4v) is 3.75. The van der Waals surface area contributed by atoms with Crippen LogP contribution in [0.2, 0.25) is 0 Å². The number of halogens is 1. The quantitative estimate of drug-likeness (QED) is 0.781. The van der Waals surface area contributed by atoms with Crippen LogP contribution in [-0.2, 0) is 14.3 Å². The van der Waals surface area contributed by atoms with E-state index in [9.17, 15) is 14.0 Å². The van der Waals surface area contributed by atoms with E-state index < -0.39 is 12.2 Å². The second-order valence-corrected chi connectivity index (χ2v) is 7.24. The molecule has 1 aliphatic carbocycles. The fraction of sp³-hybridized carbons (Fsp3) is 0.500. The molecule has 150 valence electrons. The van der Waals surface area contributed by atoms with Crippen molar-refractivity contribution in [3.63, 3.8) is 0 Å². The fourth-order valence-electron chi connectivity index (χ4n) is 3.75. The van der Waals surface area contributed by atoms with Crippen molar-refractivity contribution in [1.82, 2.24) is 5.32 Å². The lowest BCUT2D eigenvalue weighted by atomic mass is 10.1. The Morgan fingerprint density at radius 1 is 1.21 bits per heavy atom. The molecule has 1 aromatic rings. The number of cyclic esters (lactones) is 1. The monoisotopic (exact) mass is 389 g/mol. The van der Waals surface area contributed by atoms with Crippen LogP contribution in [-0.4, -0.2) is 57.5 Å². The average Bonchev–Trinajstić information content (AvgIpc) is 3.37. The smallest absolute Gasteiger partial charge is 0.414 e. The molecule has 3 aliphatic rings. The summed E-state index contributed by atoms with van der Waals surface area (Å²) in [4.78, 5) is 27.6. The third kappa shape index (κ3) is 3.96. The minimum absolute atomic E-state index is 0.0274. The van der Waals surface area contributed by atoms with Gasteiger partial charge in [-0.25, -0.2) is 9.18 Å². The molecule has 28 heavy (non-hydrogen) atoms. The van der Waals surface area contributed by atoms with Crippen LogP contribution in [0.25, 0.3) is 0 Å². The van der Waals surface area contributed by atoms with Gasteiger partial charge in [-0.05, 0) is 31.0 Å². The molecule has 2 saturated heterocycles. The third-order valence-electron chi connectivity index (χ3n) is 5.35. The van der Waals surface area contributed by atoms with E-state index in [0.717, 1.165) is 12.8 Å². The zero-order valence-corrected chi connectivity index (χ0v) is 15.6. The predicted octanol–water partition coefficient (Wildman–Crippen LogP) is 2.07. The highest BCUT2D eigenvalue weighted by molar-refractivity contribution is 5.90. The summed E-state index contributed by atoms with van der Waals surface area (Å²) < 4.78 is 25.2. The lowest BCUT2D eigenvalue weighted by Gasteiger charge is -2.29. The molecule has 2 amide bonds. The van der Waals surface area contributed by atoms with Gasteiger partial charge in [0.15, 0.2) is 0 Å². The van der Waals surface area contributed by atoms with Gasteiger partial charge in [0.1, 0.15) is 11.9 Å². The molecule has 0 saturated carbocycles. The number of nitrogens with one attached hydrogen (secondary N) is 1. The Morgan fingerprint density at radius 3 is 2.68 bits per heavy atom. The summed E-state index contributed by atoms with van der Waals surface area (Å²) in [6, 6.07) is 4.77. The first-order valence-electron chi connectivity index (χ1n) is 9.65. The van der Waals surface area contributed by atoms with Crippen molar-refractivity contribution >= 4 is 23.4 Å². The second-order valence-electron chi connectivity index (χ2n) is 7.24. The molecule has 0 radical (unpaired) electrons. The van der Waals surface area contributed by atoms with Gasteiger partial charge in [0.2, 0.25) is 5.91 Å². The van der Waals surface area contributed by atoms with Crippen molar-refractivity contribution in [2.24, 2.45) is 5.92 Å². The highest BCUT2D eigenvalue weighted by atomic mass is 19.1. The molecular weight excluding hydrogens is 365 g/mol. The van der Waals surface area contributed by atoms with Crippen molar-refractivity contribution in [3.05, 3.63) is 36.2 Å².